The monoisotopic (exact) mass is 453 g/mol. The number of ether oxygens (including phenoxy) is 3. The Morgan fingerprint density at radius 2 is 1.82 bits per heavy atom. The predicted molar refractivity (Wildman–Crippen MR) is 130 cm³/mol. The average Bonchev–Trinajstić information content (AvgIpc) is 2.84. The summed E-state index contributed by atoms with van der Waals surface area (Å²) in [5.74, 6) is 7.30. The number of rotatable bonds is 11. The van der Waals surface area contributed by atoms with E-state index in [9.17, 15) is 4.79 Å². The number of amides is 1. The minimum absolute atomic E-state index is 0.0641. The first-order valence-corrected chi connectivity index (χ1v) is 11.7. The van der Waals surface area contributed by atoms with Crippen LogP contribution in [-0.2, 0) is 0 Å². The third-order valence-electron chi connectivity index (χ3n) is 5.89. The van der Waals surface area contributed by atoms with Crippen molar-refractivity contribution in [3.05, 3.63) is 53.6 Å². The molecule has 1 heterocycles. The molecular weight excluding hydrogens is 418 g/mol. The summed E-state index contributed by atoms with van der Waals surface area (Å²) in [6.07, 6.45) is 7.74. The number of benzene rings is 2. The summed E-state index contributed by atoms with van der Waals surface area (Å²) in [6, 6.07) is 13.4. The van der Waals surface area contributed by atoms with Gasteiger partial charge in [-0.15, -0.1) is 0 Å². The average molecular weight is 454 g/mol. The van der Waals surface area contributed by atoms with Crippen molar-refractivity contribution >= 4 is 12.1 Å². The van der Waals surface area contributed by atoms with Crippen LogP contribution in [0.25, 0.3) is 0 Å². The first-order valence-electron chi connectivity index (χ1n) is 11.7. The van der Waals surface area contributed by atoms with Gasteiger partial charge >= 0.3 is 0 Å². The van der Waals surface area contributed by atoms with Crippen molar-refractivity contribution < 1.29 is 19.0 Å². The lowest BCUT2D eigenvalue weighted by molar-refractivity contribution is 0.0635. The van der Waals surface area contributed by atoms with E-state index in [1.54, 1.807) is 19.4 Å². The van der Waals surface area contributed by atoms with Crippen molar-refractivity contribution in [1.82, 2.24) is 4.90 Å². The quantitative estimate of drug-likeness (QED) is 0.232. The lowest BCUT2D eigenvalue weighted by Crippen LogP contribution is -2.42. The van der Waals surface area contributed by atoms with Crippen molar-refractivity contribution in [3.63, 3.8) is 0 Å². The van der Waals surface area contributed by atoms with Gasteiger partial charge in [-0.25, -0.2) is 0 Å². The molecule has 7 heteroatoms. The molecule has 33 heavy (non-hydrogen) atoms. The number of hydrogen-bond acceptors (Lipinski definition) is 6. The number of carbonyl (C=O) groups is 1. The fourth-order valence-corrected chi connectivity index (χ4v) is 3.97. The largest absolute Gasteiger partial charge is 0.494 e. The van der Waals surface area contributed by atoms with Crippen LogP contribution in [0.3, 0.4) is 0 Å². The van der Waals surface area contributed by atoms with Gasteiger partial charge in [-0.05, 0) is 93.5 Å². The minimum atomic E-state index is 0.0641. The van der Waals surface area contributed by atoms with Crippen molar-refractivity contribution in [2.75, 3.05) is 26.9 Å². The van der Waals surface area contributed by atoms with E-state index in [0.29, 0.717) is 30.3 Å². The molecule has 1 amide bonds. The molecule has 1 aliphatic heterocycles. The first-order chi connectivity index (χ1) is 16.1. The van der Waals surface area contributed by atoms with Crippen molar-refractivity contribution in [2.24, 2.45) is 10.9 Å². The van der Waals surface area contributed by atoms with Crippen molar-refractivity contribution in [2.45, 2.75) is 51.5 Å². The minimum Gasteiger partial charge on any atom is -0.494 e. The molecule has 0 bridgehead atoms. The highest BCUT2D eigenvalue weighted by atomic mass is 16.5. The molecule has 2 aromatic rings. The second-order valence-electron chi connectivity index (χ2n) is 8.31. The summed E-state index contributed by atoms with van der Waals surface area (Å²) in [6.45, 7) is 4.17. The van der Waals surface area contributed by atoms with Gasteiger partial charge in [0.25, 0.3) is 5.91 Å². The molecule has 1 fully saturated rings. The summed E-state index contributed by atoms with van der Waals surface area (Å²) < 4.78 is 17.2. The van der Waals surface area contributed by atoms with E-state index in [1.165, 1.54) is 6.42 Å². The number of nitrogens with two attached hydrogens (primary N) is 1. The molecule has 0 saturated carbocycles. The van der Waals surface area contributed by atoms with Crippen LogP contribution in [0.4, 0.5) is 0 Å². The molecule has 1 unspecified atom stereocenters. The normalized spacial score (nSPS) is 16.1. The Bertz CT molecular complexity index is 914. The van der Waals surface area contributed by atoms with Gasteiger partial charge in [-0.3, -0.25) is 4.79 Å². The van der Waals surface area contributed by atoms with Crippen LogP contribution in [0.15, 0.2) is 47.6 Å². The van der Waals surface area contributed by atoms with E-state index >= 15 is 0 Å². The lowest BCUT2D eigenvalue weighted by Gasteiger charge is -2.33. The number of nitrogens with zero attached hydrogens (tertiary/aromatic N) is 2. The number of unbranched alkanes of at least 4 members (excludes halogenated alkanes) is 2. The molecule has 1 aliphatic rings. The van der Waals surface area contributed by atoms with Gasteiger partial charge in [0.05, 0.1) is 26.5 Å². The number of hydrazone groups is 1. The second kappa shape index (κ2) is 12.7. The standard InChI is InChI=1S/C26H35N3O4/c1-20-8-4-5-15-29(20)26(30)22-11-14-24(25(18-22)31-2)33-17-7-3-6-16-32-23-12-9-21(10-13-23)19-28-27/h9-14,18-20H,3-8,15-17,27H2,1-2H3. The Morgan fingerprint density at radius 3 is 2.52 bits per heavy atom. The van der Waals surface area contributed by atoms with Crippen molar-refractivity contribution in [1.29, 1.82) is 0 Å². The van der Waals surface area contributed by atoms with Gasteiger partial charge < -0.3 is 25.0 Å². The SMILES string of the molecule is COc1cc(C(=O)N2CCCCC2C)ccc1OCCCCCOc1ccc(C=NN)cc1. The summed E-state index contributed by atoms with van der Waals surface area (Å²) in [7, 11) is 1.60. The van der Waals surface area contributed by atoms with Gasteiger partial charge in [-0.2, -0.15) is 5.10 Å². The van der Waals surface area contributed by atoms with Crippen LogP contribution in [0.1, 0.15) is 61.4 Å². The van der Waals surface area contributed by atoms with Crippen LogP contribution in [0.2, 0.25) is 0 Å². The molecule has 3 rings (SSSR count). The highest BCUT2D eigenvalue weighted by Gasteiger charge is 2.25. The zero-order valence-electron chi connectivity index (χ0n) is 19.7. The summed E-state index contributed by atoms with van der Waals surface area (Å²) in [5.41, 5.74) is 1.59. The van der Waals surface area contributed by atoms with E-state index in [4.69, 9.17) is 20.1 Å². The smallest absolute Gasteiger partial charge is 0.254 e. The van der Waals surface area contributed by atoms with Gasteiger partial charge in [0.1, 0.15) is 5.75 Å². The Labute approximate surface area is 196 Å². The van der Waals surface area contributed by atoms with Crippen LogP contribution in [0.5, 0.6) is 17.2 Å². The number of hydrogen-bond donors (Lipinski definition) is 1. The van der Waals surface area contributed by atoms with Crippen LogP contribution >= 0.6 is 0 Å². The van der Waals surface area contributed by atoms with E-state index in [2.05, 4.69) is 12.0 Å². The van der Waals surface area contributed by atoms with E-state index in [-0.39, 0.29) is 11.9 Å². The highest BCUT2D eigenvalue weighted by molar-refractivity contribution is 5.95. The molecule has 0 spiro atoms. The third-order valence-corrected chi connectivity index (χ3v) is 5.89. The Kier molecular flexibility index (Phi) is 9.42. The van der Waals surface area contributed by atoms with E-state index in [1.807, 2.05) is 41.3 Å². The maximum absolute atomic E-state index is 12.9. The maximum Gasteiger partial charge on any atom is 0.254 e. The molecule has 0 aromatic heterocycles. The number of carbonyl (C=O) groups excluding carboxylic acids is 1. The fraction of sp³-hybridized carbons (Fsp3) is 0.462. The molecule has 178 valence electrons. The second-order valence-corrected chi connectivity index (χ2v) is 8.31. The van der Waals surface area contributed by atoms with Crippen LogP contribution < -0.4 is 20.1 Å². The number of methoxy groups -OCH3 is 1. The van der Waals surface area contributed by atoms with Crippen molar-refractivity contribution in [3.8, 4) is 17.2 Å². The topological polar surface area (TPSA) is 86.4 Å². The molecule has 0 radical (unpaired) electrons. The van der Waals surface area contributed by atoms with E-state index in [0.717, 1.165) is 50.0 Å². The Morgan fingerprint density at radius 1 is 1.06 bits per heavy atom. The molecule has 2 N–H and O–H groups in total. The van der Waals surface area contributed by atoms with Gasteiger partial charge in [0.2, 0.25) is 0 Å². The third kappa shape index (κ3) is 7.14. The van der Waals surface area contributed by atoms with Crippen LogP contribution in [0, 0.1) is 0 Å². The number of piperidine rings is 1. The summed E-state index contributed by atoms with van der Waals surface area (Å²) in [5, 5.41) is 3.50. The first kappa shape index (κ1) is 24.4. The van der Waals surface area contributed by atoms with Gasteiger partial charge in [0, 0.05) is 18.2 Å². The molecular formula is C26H35N3O4. The summed E-state index contributed by atoms with van der Waals surface area (Å²) in [4.78, 5) is 14.9. The van der Waals surface area contributed by atoms with Crippen LogP contribution in [-0.4, -0.2) is 49.9 Å². The zero-order chi connectivity index (χ0) is 23.5. The molecule has 2 aromatic carbocycles. The van der Waals surface area contributed by atoms with Gasteiger partial charge in [0.15, 0.2) is 11.5 Å². The summed E-state index contributed by atoms with van der Waals surface area (Å²) >= 11 is 0. The Balaban J connectivity index is 1.39. The lowest BCUT2D eigenvalue weighted by atomic mass is 10.0. The maximum atomic E-state index is 12.9. The highest BCUT2D eigenvalue weighted by Crippen LogP contribution is 2.30. The Hall–Kier alpha value is -3.22. The van der Waals surface area contributed by atoms with E-state index < -0.39 is 0 Å². The fourth-order valence-electron chi connectivity index (χ4n) is 3.97. The molecule has 1 atom stereocenters. The molecule has 7 nitrogen and oxygen atoms in total. The predicted octanol–water partition coefficient (Wildman–Crippen LogP) is 4.63. The molecule has 1 saturated heterocycles. The van der Waals surface area contributed by atoms with Gasteiger partial charge in [-0.1, -0.05) is 0 Å². The number of likely N-dealkylation sites (tertiary alicyclic amines) is 1. The molecule has 0 aliphatic carbocycles. The zero-order valence-corrected chi connectivity index (χ0v) is 19.7.